The molecule has 1 aliphatic carbocycles. The van der Waals surface area contributed by atoms with Gasteiger partial charge in [0, 0.05) is 37.9 Å². The Kier molecular flexibility index (Phi) is 9.70. The van der Waals surface area contributed by atoms with Crippen LogP contribution in [0.5, 0.6) is 0 Å². The first-order chi connectivity index (χ1) is 17.5. The molecule has 2 aromatic carbocycles. The quantitative estimate of drug-likeness (QED) is 0.437. The molecule has 0 radical (unpaired) electrons. The van der Waals surface area contributed by atoms with Gasteiger partial charge < -0.3 is 19.7 Å². The van der Waals surface area contributed by atoms with Crippen LogP contribution >= 0.6 is 0 Å². The number of aliphatic hydroxyl groups excluding tert-OH is 1. The molecule has 2 N–H and O–H groups in total. The average Bonchev–Trinajstić information content (AvgIpc) is 3.20. The second kappa shape index (κ2) is 13.2. The topological polar surface area (TPSA) is 79.2 Å². The molecule has 0 spiro atoms. The van der Waals surface area contributed by atoms with Gasteiger partial charge in [-0.2, -0.15) is 0 Å². The number of benzene rings is 2. The normalized spacial score (nSPS) is 24.9. The number of carboxylic acid groups (broad SMARTS) is 1. The largest absolute Gasteiger partial charge is 0.481 e. The van der Waals surface area contributed by atoms with Gasteiger partial charge in [-0.25, -0.2) is 0 Å². The molecule has 2 aliphatic rings. The van der Waals surface area contributed by atoms with Gasteiger partial charge in [-0.15, -0.1) is 0 Å². The number of aryl methyl sites for hydroxylation is 1. The molecular weight excluding hydrogens is 454 g/mol. The van der Waals surface area contributed by atoms with E-state index in [-0.39, 0.29) is 24.5 Å². The van der Waals surface area contributed by atoms with Crippen molar-refractivity contribution in [3.8, 4) is 11.1 Å². The number of ether oxygens (including phenoxy) is 2. The molecule has 1 saturated carbocycles. The summed E-state index contributed by atoms with van der Waals surface area (Å²) in [6, 6.07) is 17.1. The lowest BCUT2D eigenvalue weighted by atomic mass is 9.93. The molecule has 1 aliphatic heterocycles. The van der Waals surface area contributed by atoms with E-state index in [1.807, 2.05) is 6.08 Å². The van der Waals surface area contributed by atoms with E-state index in [9.17, 15) is 9.90 Å². The lowest BCUT2D eigenvalue weighted by Gasteiger charge is -2.38. The average molecular weight is 494 g/mol. The zero-order chi connectivity index (χ0) is 25.3. The van der Waals surface area contributed by atoms with Crippen LogP contribution in [-0.2, 0) is 20.9 Å². The Morgan fingerprint density at radius 1 is 1.03 bits per heavy atom. The van der Waals surface area contributed by atoms with Crippen molar-refractivity contribution in [2.45, 2.75) is 63.9 Å². The minimum absolute atomic E-state index is 0.0166. The van der Waals surface area contributed by atoms with Crippen LogP contribution in [0.15, 0.2) is 60.7 Å². The molecule has 1 heterocycles. The number of carbonyl (C=O) groups is 1. The highest BCUT2D eigenvalue weighted by molar-refractivity contribution is 5.66. The van der Waals surface area contributed by atoms with Crippen LogP contribution in [-0.4, -0.2) is 65.6 Å². The number of hydrogen-bond acceptors (Lipinski definition) is 5. The van der Waals surface area contributed by atoms with Gasteiger partial charge in [0.1, 0.15) is 0 Å². The molecule has 36 heavy (non-hydrogen) atoms. The lowest BCUT2D eigenvalue weighted by Crippen LogP contribution is -2.50. The second-order valence-electron chi connectivity index (χ2n) is 10.00. The Labute approximate surface area is 214 Å². The summed E-state index contributed by atoms with van der Waals surface area (Å²) in [5.41, 5.74) is 4.78. The molecule has 0 unspecified atom stereocenters. The van der Waals surface area contributed by atoms with Crippen LogP contribution in [0.2, 0.25) is 0 Å². The van der Waals surface area contributed by atoms with Crippen molar-refractivity contribution in [1.29, 1.82) is 0 Å². The molecule has 4 atom stereocenters. The smallest absolute Gasteiger partial charge is 0.303 e. The summed E-state index contributed by atoms with van der Waals surface area (Å²) in [4.78, 5) is 13.1. The van der Waals surface area contributed by atoms with Gasteiger partial charge in [0.15, 0.2) is 0 Å². The van der Waals surface area contributed by atoms with Crippen LogP contribution in [0.3, 0.4) is 0 Å². The van der Waals surface area contributed by atoms with E-state index in [0.29, 0.717) is 32.7 Å². The molecule has 0 amide bonds. The highest BCUT2D eigenvalue weighted by Crippen LogP contribution is 2.37. The highest BCUT2D eigenvalue weighted by atomic mass is 16.5. The number of aliphatic hydroxyl groups is 1. The van der Waals surface area contributed by atoms with Gasteiger partial charge in [-0.1, -0.05) is 66.2 Å². The van der Waals surface area contributed by atoms with E-state index in [2.05, 4.69) is 66.4 Å². The number of aliphatic carboxylic acids is 1. The number of allylic oxidation sites excluding steroid dienone is 2. The molecular formula is C30H39NO5. The van der Waals surface area contributed by atoms with E-state index in [1.165, 1.54) is 16.7 Å². The van der Waals surface area contributed by atoms with Crippen LogP contribution in [0.4, 0.5) is 0 Å². The van der Waals surface area contributed by atoms with Crippen LogP contribution in [0, 0.1) is 12.8 Å². The third-order valence-corrected chi connectivity index (χ3v) is 7.41. The third-order valence-electron chi connectivity index (χ3n) is 7.41. The Morgan fingerprint density at radius 2 is 1.67 bits per heavy atom. The van der Waals surface area contributed by atoms with Gasteiger partial charge >= 0.3 is 5.97 Å². The van der Waals surface area contributed by atoms with Gasteiger partial charge in [-0.3, -0.25) is 9.69 Å². The summed E-state index contributed by atoms with van der Waals surface area (Å²) >= 11 is 0. The maximum Gasteiger partial charge on any atom is 0.303 e. The number of carboxylic acids is 1. The maximum absolute atomic E-state index is 11.0. The predicted octanol–water partition coefficient (Wildman–Crippen LogP) is 4.83. The minimum atomic E-state index is -0.772. The molecule has 1 saturated heterocycles. The summed E-state index contributed by atoms with van der Waals surface area (Å²) in [7, 11) is 0. The summed E-state index contributed by atoms with van der Waals surface area (Å²) in [6.45, 7) is 5.68. The zero-order valence-electron chi connectivity index (χ0n) is 21.2. The molecule has 2 fully saturated rings. The fourth-order valence-corrected chi connectivity index (χ4v) is 5.47. The Bertz CT molecular complexity index is 981. The number of hydrogen-bond donors (Lipinski definition) is 2. The Hall–Kier alpha value is -2.51. The maximum atomic E-state index is 11.0. The zero-order valence-corrected chi connectivity index (χ0v) is 21.2. The lowest BCUT2D eigenvalue weighted by molar-refractivity contribution is -0.136. The van der Waals surface area contributed by atoms with Crippen molar-refractivity contribution in [2.75, 3.05) is 26.3 Å². The molecule has 4 rings (SSSR count). The van der Waals surface area contributed by atoms with Crippen molar-refractivity contribution in [1.82, 2.24) is 4.90 Å². The third kappa shape index (κ3) is 7.26. The number of rotatable bonds is 11. The van der Waals surface area contributed by atoms with Gasteiger partial charge in [0.05, 0.1) is 32.0 Å². The number of nitrogens with zero attached hydrogens (tertiary/aromatic N) is 1. The Balaban J connectivity index is 1.38. The Morgan fingerprint density at radius 3 is 2.33 bits per heavy atom. The van der Waals surface area contributed by atoms with Gasteiger partial charge in [0.2, 0.25) is 0 Å². The monoisotopic (exact) mass is 493 g/mol. The SMILES string of the molecule is Cc1ccc(-c2ccc(CO[C@H]3C[C@H](O)[C@H](N4CCOCC4)[C@H]3CCC=CCCC(=O)O)cc2)cc1. The van der Waals surface area contributed by atoms with Crippen molar-refractivity contribution in [2.24, 2.45) is 5.92 Å². The summed E-state index contributed by atoms with van der Waals surface area (Å²) in [6.07, 6.45) is 6.69. The predicted molar refractivity (Wildman–Crippen MR) is 141 cm³/mol. The molecule has 6 heteroatoms. The summed E-state index contributed by atoms with van der Waals surface area (Å²) in [5.74, 6) is -0.555. The first kappa shape index (κ1) is 26.6. The van der Waals surface area contributed by atoms with Crippen LogP contribution in [0.1, 0.15) is 43.2 Å². The molecule has 194 valence electrons. The van der Waals surface area contributed by atoms with Crippen molar-refractivity contribution in [3.63, 3.8) is 0 Å². The van der Waals surface area contributed by atoms with Crippen molar-refractivity contribution in [3.05, 3.63) is 71.8 Å². The molecule has 2 aromatic rings. The minimum Gasteiger partial charge on any atom is -0.481 e. The molecule has 6 nitrogen and oxygen atoms in total. The first-order valence-corrected chi connectivity index (χ1v) is 13.2. The number of morpholine rings is 1. The van der Waals surface area contributed by atoms with Crippen LogP contribution < -0.4 is 0 Å². The highest BCUT2D eigenvalue weighted by Gasteiger charge is 2.45. The fraction of sp³-hybridized carbons (Fsp3) is 0.500. The van der Waals surface area contributed by atoms with E-state index < -0.39 is 12.1 Å². The molecule has 0 aromatic heterocycles. The van der Waals surface area contributed by atoms with Gasteiger partial charge in [-0.05, 0) is 42.9 Å². The van der Waals surface area contributed by atoms with Crippen LogP contribution in [0.25, 0.3) is 11.1 Å². The summed E-state index contributed by atoms with van der Waals surface area (Å²) < 4.78 is 12.0. The first-order valence-electron chi connectivity index (χ1n) is 13.2. The fourth-order valence-electron chi connectivity index (χ4n) is 5.47. The second-order valence-corrected chi connectivity index (χ2v) is 10.00. The van der Waals surface area contributed by atoms with Crippen molar-refractivity contribution < 1.29 is 24.5 Å². The van der Waals surface area contributed by atoms with Crippen molar-refractivity contribution >= 4 is 5.97 Å². The van der Waals surface area contributed by atoms with Gasteiger partial charge in [0.25, 0.3) is 0 Å². The van der Waals surface area contributed by atoms with E-state index in [0.717, 1.165) is 31.5 Å². The standard InChI is InChI=1S/C30H39NO5/c1-22-8-12-24(13-9-22)25-14-10-23(11-15-25)21-36-28-20-27(32)30(31-16-18-35-19-17-31)26(28)6-4-2-3-5-7-29(33)34/h2-3,8-15,26-28,30,32H,4-7,16-21H2,1H3,(H,33,34)/t26-,27-,28-,30+/m0/s1. The van der Waals surface area contributed by atoms with E-state index >= 15 is 0 Å². The van der Waals surface area contributed by atoms with E-state index in [4.69, 9.17) is 14.6 Å². The molecule has 0 bridgehead atoms. The summed E-state index contributed by atoms with van der Waals surface area (Å²) in [5, 5.41) is 19.8. The van der Waals surface area contributed by atoms with E-state index in [1.54, 1.807) is 0 Å².